The van der Waals surface area contributed by atoms with Crippen LogP contribution in [0, 0.1) is 0 Å². The lowest BCUT2D eigenvalue weighted by molar-refractivity contribution is -0.138. The van der Waals surface area contributed by atoms with Crippen molar-refractivity contribution in [3.8, 4) is 0 Å². The lowest BCUT2D eigenvalue weighted by Crippen LogP contribution is -2.24. The Kier molecular flexibility index (Phi) is 4.94. The molecule has 0 radical (unpaired) electrons. The molecule has 0 saturated heterocycles. The van der Waals surface area contributed by atoms with Crippen LogP contribution in [-0.4, -0.2) is 29.9 Å². The fourth-order valence-corrected chi connectivity index (χ4v) is 2.39. The van der Waals surface area contributed by atoms with Gasteiger partial charge in [0.25, 0.3) is 5.91 Å². The highest BCUT2D eigenvalue weighted by atomic mass is 16.5. The molecule has 0 aromatic heterocycles. The van der Waals surface area contributed by atoms with Crippen LogP contribution < -0.4 is 0 Å². The minimum Gasteiger partial charge on any atom is -0.462 e. The zero-order valence-electron chi connectivity index (χ0n) is 12.8. The van der Waals surface area contributed by atoms with Gasteiger partial charge >= 0.3 is 5.97 Å². The van der Waals surface area contributed by atoms with Gasteiger partial charge in [0, 0.05) is 12.2 Å². The molecule has 0 atom stereocenters. The van der Waals surface area contributed by atoms with Gasteiger partial charge in [0.2, 0.25) is 0 Å². The van der Waals surface area contributed by atoms with Gasteiger partial charge in [-0.1, -0.05) is 36.4 Å². The molecule has 2 rings (SSSR count). The Morgan fingerprint density at radius 3 is 2.59 bits per heavy atom. The first-order valence-corrected chi connectivity index (χ1v) is 7.18. The molecule has 0 saturated carbocycles. The number of benzene rings is 1. The van der Waals surface area contributed by atoms with Crippen LogP contribution in [0.1, 0.15) is 19.4 Å². The fraction of sp³-hybridized carbons (Fsp3) is 0.222. The Morgan fingerprint density at radius 2 is 2.00 bits per heavy atom. The van der Waals surface area contributed by atoms with Gasteiger partial charge < -0.3 is 9.64 Å². The first-order chi connectivity index (χ1) is 10.6. The van der Waals surface area contributed by atoms with Gasteiger partial charge in [-0.15, -0.1) is 6.58 Å². The van der Waals surface area contributed by atoms with Crippen molar-refractivity contribution >= 4 is 18.0 Å². The average molecular weight is 297 g/mol. The van der Waals surface area contributed by atoms with Gasteiger partial charge in [0.15, 0.2) is 0 Å². The molecular weight excluding hydrogens is 278 g/mol. The third kappa shape index (κ3) is 3.01. The Morgan fingerprint density at radius 1 is 1.32 bits per heavy atom. The molecule has 1 aliphatic heterocycles. The van der Waals surface area contributed by atoms with E-state index in [1.807, 2.05) is 30.3 Å². The SMILES string of the molecule is C=CCN1C(=O)C(=Cc2ccccc2)C(C(=O)OCC)=C1C. The normalized spacial score (nSPS) is 16.4. The minimum absolute atomic E-state index is 0.204. The van der Waals surface area contributed by atoms with E-state index in [-0.39, 0.29) is 12.5 Å². The van der Waals surface area contributed by atoms with Crippen molar-refractivity contribution in [1.82, 2.24) is 4.90 Å². The van der Waals surface area contributed by atoms with Crippen LogP contribution in [0.4, 0.5) is 0 Å². The Bertz CT molecular complexity index is 656. The van der Waals surface area contributed by atoms with E-state index < -0.39 is 5.97 Å². The molecule has 0 N–H and O–H groups in total. The van der Waals surface area contributed by atoms with E-state index in [0.717, 1.165) is 5.56 Å². The number of amides is 1. The van der Waals surface area contributed by atoms with Crippen molar-refractivity contribution in [2.75, 3.05) is 13.2 Å². The van der Waals surface area contributed by atoms with Crippen molar-refractivity contribution < 1.29 is 14.3 Å². The van der Waals surface area contributed by atoms with Crippen LogP contribution in [-0.2, 0) is 14.3 Å². The summed E-state index contributed by atoms with van der Waals surface area (Å²) in [7, 11) is 0. The molecule has 0 bridgehead atoms. The summed E-state index contributed by atoms with van der Waals surface area (Å²) in [5.41, 5.74) is 2.16. The van der Waals surface area contributed by atoms with Gasteiger partial charge in [0.05, 0.1) is 17.8 Å². The lowest BCUT2D eigenvalue weighted by Gasteiger charge is -2.14. The average Bonchev–Trinajstić information content (AvgIpc) is 2.73. The minimum atomic E-state index is -0.470. The van der Waals surface area contributed by atoms with E-state index in [2.05, 4.69) is 6.58 Å². The molecule has 4 heteroatoms. The summed E-state index contributed by atoms with van der Waals surface area (Å²) in [6, 6.07) is 9.43. The van der Waals surface area contributed by atoms with Gasteiger partial charge in [-0.25, -0.2) is 4.79 Å². The molecule has 1 aromatic carbocycles. The van der Waals surface area contributed by atoms with Crippen molar-refractivity contribution in [2.24, 2.45) is 0 Å². The van der Waals surface area contributed by atoms with Gasteiger partial charge in [0.1, 0.15) is 0 Å². The van der Waals surface area contributed by atoms with Crippen molar-refractivity contribution in [1.29, 1.82) is 0 Å². The maximum atomic E-state index is 12.6. The summed E-state index contributed by atoms with van der Waals surface area (Å²) in [6.07, 6.45) is 3.36. The van der Waals surface area contributed by atoms with Gasteiger partial charge in [-0.05, 0) is 25.5 Å². The number of hydrogen-bond donors (Lipinski definition) is 0. The molecule has 4 nitrogen and oxygen atoms in total. The van der Waals surface area contributed by atoms with Crippen molar-refractivity contribution in [3.63, 3.8) is 0 Å². The third-order valence-electron chi connectivity index (χ3n) is 3.41. The molecule has 114 valence electrons. The number of rotatable bonds is 5. The fourth-order valence-electron chi connectivity index (χ4n) is 2.39. The molecule has 1 heterocycles. The van der Waals surface area contributed by atoms with E-state index >= 15 is 0 Å². The highest BCUT2D eigenvalue weighted by Gasteiger charge is 2.36. The molecule has 0 unspecified atom stereocenters. The number of esters is 1. The monoisotopic (exact) mass is 297 g/mol. The zero-order valence-corrected chi connectivity index (χ0v) is 12.8. The highest BCUT2D eigenvalue weighted by molar-refractivity contribution is 6.16. The molecule has 1 aromatic rings. The molecule has 1 amide bonds. The summed E-state index contributed by atoms with van der Waals surface area (Å²) in [4.78, 5) is 26.4. The smallest absolute Gasteiger partial charge is 0.340 e. The second kappa shape index (κ2) is 6.89. The van der Waals surface area contributed by atoms with Crippen LogP contribution in [0.5, 0.6) is 0 Å². The summed E-state index contributed by atoms with van der Waals surface area (Å²) in [5, 5.41) is 0. The standard InChI is InChI=1S/C18H19NO3/c1-4-11-19-13(3)16(18(21)22-5-2)15(17(19)20)12-14-9-7-6-8-10-14/h4,6-10,12H,1,5,11H2,2-3H3. The maximum absolute atomic E-state index is 12.6. The summed E-state index contributed by atoms with van der Waals surface area (Å²) in [6.45, 7) is 7.78. The second-order valence-corrected chi connectivity index (χ2v) is 4.85. The molecular formula is C18H19NO3. The maximum Gasteiger partial charge on any atom is 0.340 e. The first kappa shape index (κ1) is 15.8. The molecule has 22 heavy (non-hydrogen) atoms. The molecule has 0 fully saturated rings. The molecule has 0 aliphatic carbocycles. The highest BCUT2D eigenvalue weighted by Crippen LogP contribution is 2.31. The van der Waals surface area contributed by atoms with Crippen molar-refractivity contribution in [2.45, 2.75) is 13.8 Å². The van der Waals surface area contributed by atoms with E-state index in [9.17, 15) is 9.59 Å². The summed E-state index contributed by atoms with van der Waals surface area (Å²) >= 11 is 0. The van der Waals surface area contributed by atoms with E-state index in [4.69, 9.17) is 4.74 Å². The number of hydrogen-bond acceptors (Lipinski definition) is 3. The predicted octanol–water partition coefficient (Wildman–Crippen LogP) is 2.94. The summed E-state index contributed by atoms with van der Waals surface area (Å²) < 4.78 is 5.10. The topological polar surface area (TPSA) is 46.6 Å². The van der Waals surface area contributed by atoms with E-state index in [1.54, 1.807) is 26.0 Å². The Labute approximate surface area is 130 Å². The van der Waals surface area contributed by atoms with Crippen LogP contribution in [0.15, 0.2) is 59.8 Å². The van der Waals surface area contributed by atoms with Crippen LogP contribution in [0.25, 0.3) is 6.08 Å². The van der Waals surface area contributed by atoms with Crippen LogP contribution in [0.2, 0.25) is 0 Å². The number of allylic oxidation sites excluding steroid dienone is 1. The van der Waals surface area contributed by atoms with E-state index in [1.165, 1.54) is 4.90 Å². The number of ether oxygens (including phenoxy) is 1. The number of carbonyl (C=O) groups excluding carboxylic acids is 2. The lowest BCUT2D eigenvalue weighted by atomic mass is 10.0. The molecule has 1 aliphatic rings. The van der Waals surface area contributed by atoms with Crippen LogP contribution in [0.3, 0.4) is 0 Å². The number of nitrogens with zero attached hydrogens (tertiary/aromatic N) is 1. The van der Waals surface area contributed by atoms with E-state index in [0.29, 0.717) is 23.4 Å². The van der Waals surface area contributed by atoms with Gasteiger partial charge in [-0.3, -0.25) is 4.79 Å². The largest absolute Gasteiger partial charge is 0.462 e. The summed E-state index contributed by atoms with van der Waals surface area (Å²) in [5.74, 6) is -0.675. The third-order valence-corrected chi connectivity index (χ3v) is 3.41. The first-order valence-electron chi connectivity index (χ1n) is 7.18. The zero-order chi connectivity index (χ0) is 16.1. The second-order valence-electron chi connectivity index (χ2n) is 4.85. The Hall–Kier alpha value is -2.62. The Balaban J connectivity index is 2.50. The van der Waals surface area contributed by atoms with Gasteiger partial charge in [-0.2, -0.15) is 0 Å². The van der Waals surface area contributed by atoms with Crippen molar-refractivity contribution in [3.05, 3.63) is 65.4 Å². The van der Waals surface area contributed by atoms with Crippen LogP contribution >= 0.6 is 0 Å². The predicted molar refractivity (Wildman–Crippen MR) is 85.7 cm³/mol. The number of carbonyl (C=O) groups is 2. The quantitative estimate of drug-likeness (QED) is 0.477. The molecule has 0 spiro atoms.